The Balaban J connectivity index is 1.53. The van der Waals surface area contributed by atoms with Crippen molar-refractivity contribution in [3.05, 3.63) is 109 Å². The SMILES string of the molecule is CC/C=C\C/C=C\C/C=C\C/C=C\C/C=C\C/C=C\C/C=C\C/C=C\CCCCCCCCCCCCCCCCC(=O)NC(COC1OC(CO)C(OC2OC(CO)C(O)C(O)C2O)C(O)C1O)C(O)/C=C/CCCCCC. The Morgan fingerprint density at radius 1 is 0.468 bits per heavy atom. The van der Waals surface area contributed by atoms with E-state index in [0.717, 1.165) is 103 Å². The highest BCUT2D eigenvalue weighted by Crippen LogP contribution is 2.30. The van der Waals surface area contributed by atoms with Gasteiger partial charge in [-0.05, 0) is 83.5 Å². The largest absolute Gasteiger partial charge is 0.394 e. The molecule has 0 spiro atoms. The number of hydrogen-bond acceptors (Lipinski definition) is 13. The van der Waals surface area contributed by atoms with Crippen molar-refractivity contribution >= 4 is 5.91 Å². The van der Waals surface area contributed by atoms with Crippen LogP contribution >= 0.6 is 0 Å². The monoisotopic (exact) mass is 1110 g/mol. The van der Waals surface area contributed by atoms with Gasteiger partial charge in [0.05, 0.1) is 32.0 Å². The fourth-order valence-corrected chi connectivity index (χ4v) is 9.31. The maximum atomic E-state index is 13.1. The minimum Gasteiger partial charge on any atom is -0.394 e. The molecular formula is C65H109NO13. The van der Waals surface area contributed by atoms with Crippen LogP contribution in [0.15, 0.2) is 109 Å². The maximum Gasteiger partial charge on any atom is 0.220 e. The van der Waals surface area contributed by atoms with Gasteiger partial charge < -0.3 is 65.1 Å². The van der Waals surface area contributed by atoms with Crippen LogP contribution in [0, 0.1) is 0 Å². The van der Waals surface area contributed by atoms with Crippen LogP contribution in [0.4, 0.5) is 0 Å². The highest BCUT2D eigenvalue weighted by atomic mass is 16.7. The second-order valence-corrected chi connectivity index (χ2v) is 21.1. The minimum absolute atomic E-state index is 0.250. The third kappa shape index (κ3) is 34.6. The van der Waals surface area contributed by atoms with Crippen LogP contribution in [0.3, 0.4) is 0 Å². The lowest BCUT2D eigenvalue weighted by atomic mass is 9.97. The Bertz CT molecular complexity index is 1740. The van der Waals surface area contributed by atoms with E-state index in [-0.39, 0.29) is 18.9 Å². The molecule has 9 N–H and O–H groups in total. The lowest BCUT2D eigenvalue weighted by Crippen LogP contribution is -2.65. The van der Waals surface area contributed by atoms with E-state index in [4.69, 9.17) is 18.9 Å². The third-order valence-electron chi connectivity index (χ3n) is 14.2. The van der Waals surface area contributed by atoms with Gasteiger partial charge in [-0.2, -0.15) is 0 Å². The molecule has 12 atom stereocenters. The predicted molar refractivity (Wildman–Crippen MR) is 318 cm³/mol. The Labute approximate surface area is 476 Å². The van der Waals surface area contributed by atoms with Crippen LogP contribution < -0.4 is 5.32 Å². The quantitative estimate of drug-likeness (QED) is 0.0204. The van der Waals surface area contributed by atoms with E-state index in [1.807, 2.05) is 6.08 Å². The molecule has 12 unspecified atom stereocenters. The molecule has 79 heavy (non-hydrogen) atoms. The van der Waals surface area contributed by atoms with Crippen molar-refractivity contribution in [1.29, 1.82) is 0 Å². The molecule has 1 amide bonds. The molecule has 2 fully saturated rings. The molecular weight excluding hydrogens is 1000 g/mol. The summed E-state index contributed by atoms with van der Waals surface area (Å²) in [7, 11) is 0. The molecule has 0 bridgehead atoms. The molecule has 14 nitrogen and oxygen atoms in total. The molecule has 2 heterocycles. The van der Waals surface area contributed by atoms with Gasteiger partial charge in [-0.15, -0.1) is 0 Å². The van der Waals surface area contributed by atoms with E-state index in [1.54, 1.807) is 6.08 Å². The number of aliphatic hydroxyl groups excluding tert-OH is 8. The van der Waals surface area contributed by atoms with Gasteiger partial charge in [0.15, 0.2) is 12.6 Å². The predicted octanol–water partition coefficient (Wildman–Crippen LogP) is 10.8. The lowest BCUT2D eigenvalue weighted by Gasteiger charge is -2.46. The summed E-state index contributed by atoms with van der Waals surface area (Å²) in [5.74, 6) is -0.250. The molecule has 0 aromatic rings. The number of allylic oxidation sites excluding steroid dienone is 17. The number of carbonyl (C=O) groups is 1. The van der Waals surface area contributed by atoms with Gasteiger partial charge in [0.25, 0.3) is 0 Å². The van der Waals surface area contributed by atoms with E-state index >= 15 is 0 Å². The van der Waals surface area contributed by atoms with Gasteiger partial charge in [-0.3, -0.25) is 4.79 Å². The number of ether oxygens (including phenoxy) is 4. The molecule has 452 valence electrons. The second-order valence-electron chi connectivity index (χ2n) is 21.1. The molecule has 2 aliphatic rings. The standard InChI is InChI=1S/C65H109NO13/c1-3-5-7-9-11-12-13-14-15-16-17-18-19-20-21-22-23-24-25-26-27-28-29-30-31-32-33-34-35-36-37-38-39-40-41-42-43-45-47-49-57(70)66-53(54(69)48-46-44-10-8-6-4-2)52-76-64-62(75)60(73)63(56(51-68)78-64)79-65-61(74)59(72)58(71)55(50-67)77-65/h5,7,11-12,14-15,17-18,20-21,23-24,26-27,29-30,46,48,53-56,58-65,67-69,71-75H,3-4,6,8-10,13,16,19,22,25,28,31-45,47,49-52H2,1-2H3,(H,66,70)/b7-5-,12-11-,15-14-,18-17-,21-20-,24-23-,27-26-,30-29-,48-46+. The Morgan fingerprint density at radius 2 is 0.873 bits per heavy atom. The smallest absolute Gasteiger partial charge is 0.220 e. The van der Waals surface area contributed by atoms with Crippen molar-refractivity contribution < 1.29 is 64.6 Å². The normalized spacial score (nSPS) is 25.2. The fourth-order valence-electron chi connectivity index (χ4n) is 9.31. The van der Waals surface area contributed by atoms with Crippen molar-refractivity contribution in [2.45, 2.75) is 274 Å². The number of nitrogens with one attached hydrogen (secondary N) is 1. The summed E-state index contributed by atoms with van der Waals surface area (Å²) < 4.78 is 22.6. The molecule has 0 aromatic carbocycles. The molecule has 0 saturated carbocycles. The van der Waals surface area contributed by atoms with Crippen LogP contribution in [0.5, 0.6) is 0 Å². The van der Waals surface area contributed by atoms with E-state index in [2.05, 4.69) is 116 Å². The number of unbranched alkanes of at least 4 members (excludes halogenated alkanes) is 18. The summed E-state index contributed by atoms with van der Waals surface area (Å²) >= 11 is 0. The van der Waals surface area contributed by atoms with Crippen LogP contribution in [0.25, 0.3) is 0 Å². The number of carbonyl (C=O) groups excluding carboxylic acids is 1. The average molecular weight is 1110 g/mol. The van der Waals surface area contributed by atoms with Crippen molar-refractivity contribution in [3.8, 4) is 0 Å². The first kappa shape index (κ1) is 71.8. The number of rotatable bonds is 47. The summed E-state index contributed by atoms with van der Waals surface area (Å²) in [6, 6.07) is -0.917. The van der Waals surface area contributed by atoms with Gasteiger partial charge in [-0.25, -0.2) is 0 Å². The molecule has 2 rings (SSSR count). The van der Waals surface area contributed by atoms with Crippen LogP contribution in [-0.4, -0.2) is 140 Å². The Morgan fingerprint density at radius 3 is 1.34 bits per heavy atom. The molecule has 2 saturated heterocycles. The zero-order chi connectivity index (χ0) is 57.4. The van der Waals surface area contributed by atoms with E-state index in [1.165, 1.54) is 70.6 Å². The van der Waals surface area contributed by atoms with Crippen molar-refractivity contribution in [3.63, 3.8) is 0 Å². The summed E-state index contributed by atoms with van der Waals surface area (Å²) in [6.45, 7) is 2.57. The number of amides is 1. The summed E-state index contributed by atoms with van der Waals surface area (Å²) in [5.41, 5.74) is 0. The highest BCUT2D eigenvalue weighted by molar-refractivity contribution is 5.76. The van der Waals surface area contributed by atoms with Gasteiger partial charge >= 0.3 is 0 Å². The number of hydrogen-bond donors (Lipinski definition) is 9. The Hall–Kier alpha value is -3.35. The first-order chi connectivity index (χ1) is 38.6. The summed E-state index contributed by atoms with van der Waals surface area (Å²) in [4.78, 5) is 13.1. The molecule has 0 aliphatic carbocycles. The fraction of sp³-hybridized carbons (Fsp3) is 0.708. The zero-order valence-electron chi connectivity index (χ0n) is 48.6. The lowest BCUT2D eigenvalue weighted by molar-refractivity contribution is -0.359. The summed E-state index contributed by atoms with van der Waals surface area (Å²) in [5, 5.41) is 86.5. The van der Waals surface area contributed by atoms with E-state index < -0.39 is 86.8 Å². The molecule has 2 aliphatic heterocycles. The van der Waals surface area contributed by atoms with Crippen molar-refractivity contribution in [1.82, 2.24) is 5.32 Å². The minimum atomic E-state index is -1.79. The van der Waals surface area contributed by atoms with Gasteiger partial charge in [-0.1, -0.05) is 220 Å². The third-order valence-corrected chi connectivity index (χ3v) is 14.2. The molecule has 0 radical (unpaired) electrons. The maximum absolute atomic E-state index is 13.1. The average Bonchev–Trinajstić information content (AvgIpc) is 3.47. The van der Waals surface area contributed by atoms with Crippen LogP contribution in [-0.2, 0) is 23.7 Å². The zero-order valence-corrected chi connectivity index (χ0v) is 48.6. The summed E-state index contributed by atoms with van der Waals surface area (Å²) in [6.07, 6.45) is 53.5. The Kier molecular flexibility index (Phi) is 44.8. The molecule has 14 heteroatoms. The topological polar surface area (TPSA) is 228 Å². The first-order valence-corrected chi connectivity index (χ1v) is 30.6. The first-order valence-electron chi connectivity index (χ1n) is 30.6. The second kappa shape index (κ2) is 49.3. The van der Waals surface area contributed by atoms with Gasteiger partial charge in [0.2, 0.25) is 5.91 Å². The van der Waals surface area contributed by atoms with Gasteiger partial charge in [0.1, 0.15) is 48.8 Å². The van der Waals surface area contributed by atoms with Crippen LogP contribution in [0.2, 0.25) is 0 Å². The number of aliphatic hydroxyl groups is 8. The molecule has 0 aromatic heterocycles. The van der Waals surface area contributed by atoms with Crippen molar-refractivity contribution in [2.24, 2.45) is 0 Å². The van der Waals surface area contributed by atoms with E-state index in [9.17, 15) is 45.6 Å². The van der Waals surface area contributed by atoms with Crippen LogP contribution in [0.1, 0.15) is 200 Å². The van der Waals surface area contributed by atoms with Gasteiger partial charge in [0, 0.05) is 6.42 Å². The highest BCUT2D eigenvalue weighted by Gasteiger charge is 2.51. The van der Waals surface area contributed by atoms with E-state index in [0.29, 0.717) is 6.42 Å². The van der Waals surface area contributed by atoms with Crippen molar-refractivity contribution in [2.75, 3.05) is 19.8 Å².